The number of benzene rings is 2. The molecule has 144 valence electrons. The summed E-state index contributed by atoms with van der Waals surface area (Å²) in [5, 5.41) is 9.45. The van der Waals surface area contributed by atoms with Crippen LogP contribution < -0.4 is 15.8 Å². The number of hydrogen-bond donors (Lipinski definition) is 1. The van der Waals surface area contributed by atoms with Crippen LogP contribution in [0.1, 0.15) is 18.4 Å². The maximum atomic E-state index is 12.8. The molecule has 1 fully saturated rings. The molecule has 7 heteroatoms. The van der Waals surface area contributed by atoms with E-state index in [9.17, 15) is 9.59 Å². The van der Waals surface area contributed by atoms with Gasteiger partial charge in [0.05, 0.1) is 5.39 Å². The van der Waals surface area contributed by atoms with E-state index in [0.29, 0.717) is 17.0 Å². The van der Waals surface area contributed by atoms with Crippen LogP contribution in [0.15, 0.2) is 53.3 Å². The second-order valence-electron chi connectivity index (χ2n) is 6.93. The summed E-state index contributed by atoms with van der Waals surface area (Å²) in [5.41, 5.74) is 0.689. The first-order chi connectivity index (χ1) is 13.6. The molecule has 1 aromatic heterocycles. The van der Waals surface area contributed by atoms with Crippen molar-refractivity contribution in [2.24, 2.45) is 0 Å². The van der Waals surface area contributed by atoms with Gasteiger partial charge < -0.3 is 10.2 Å². The number of nitrogens with one attached hydrogen (secondary N) is 1. The Morgan fingerprint density at radius 1 is 1.04 bits per heavy atom. The number of amides is 1. The molecule has 0 bridgehead atoms. The average molecular weight is 397 g/mol. The van der Waals surface area contributed by atoms with Crippen LogP contribution in [0.5, 0.6) is 0 Å². The smallest absolute Gasteiger partial charge is 0.275 e. The van der Waals surface area contributed by atoms with Crippen LogP contribution in [0.2, 0.25) is 5.02 Å². The van der Waals surface area contributed by atoms with E-state index in [0.717, 1.165) is 42.7 Å². The minimum Gasteiger partial charge on any atom is -0.355 e. The molecule has 1 aliphatic rings. The van der Waals surface area contributed by atoms with E-state index in [4.69, 9.17) is 11.6 Å². The highest BCUT2D eigenvalue weighted by atomic mass is 35.5. The van der Waals surface area contributed by atoms with Crippen molar-refractivity contribution in [2.45, 2.75) is 25.9 Å². The second kappa shape index (κ2) is 8.02. The van der Waals surface area contributed by atoms with E-state index in [-0.39, 0.29) is 18.0 Å². The Balaban J connectivity index is 1.57. The zero-order chi connectivity index (χ0) is 19.5. The molecule has 1 saturated heterocycles. The topological polar surface area (TPSA) is 67.2 Å². The number of fused-ring (bicyclic) bond motifs is 1. The zero-order valence-corrected chi connectivity index (χ0v) is 16.2. The summed E-state index contributed by atoms with van der Waals surface area (Å²) in [5.74, 6) is 0.519. The molecule has 0 saturated carbocycles. The molecule has 3 aromatic rings. The number of nitrogens with zero attached hydrogens (tertiary/aromatic N) is 3. The maximum Gasteiger partial charge on any atom is 0.275 e. The Labute approximate surface area is 167 Å². The van der Waals surface area contributed by atoms with Crippen molar-refractivity contribution in [1.82, 2.24) is 15.1 Å². The van der Waals surface area contributed by atoms with Gasteiger partial charge in [-0.25, -0.2) is 4.68 Å². The number of aromatic nitrogens is 2. The van der Waals surface area contributed by atoms with Crippen molar-refractivity contribution in [3.8, 4) is 0 Å². The SMILES string of the molecule is O=C(Cn1nc(N2CCCC2)c2ccccc2c1=O)NCc1ccc(Cl)cc1. The summed E-state index contributed by atoms with van der Waals surface area (Å²) in [4.78, 5) is 27.4. The fourth-order valence-electron chi connectivity index (χ4n) is 3.48. The summed E-state index contributed by atoms with van der Waals surface area (Å²) in [6.07, 6.45) is 2.22. The van der Waals surface area contributed by atoms with Gasteiger partial charge in [-0.05, 0) is 36.6 Å². The molecule has 0 aliphatic carbocycles. The highest BCUT2D eigenvalue weighted by Gasteiger charge is 2.20. The maximum absolute atomic E-state index is 12.8. The van der Waals surface area contributed by atoms with Gasteiger partial charge in [0, 0.05) is 30.0 Å². The highest BCUT2D eigenvalue weighted by molar-refractivity contribution is 6.30. The van der Waals surface area contributed by atoms with Gasteiger partial charge in [0.25, 0.3) is 5.56 Å². The van der Waals surface area contributed by atoms with Gasteiger partial charge in [-0.1, -0.05) is 41.9 Å². The van der Waals surface area contributed by atoms with Crippen molar-refractivity contribution in [3.05, 3.63) is 69.5 Å². The van der Waals surface area contributed by atoms with Crippen molar-refractivity contribution in [3.63, 3.8) is 0 Å². The largest absolute Gasteiger partial charge is 0.355 e. The van der Waals surface area contributed by atoms with Crippen LogP contribution in [0, 0.1) is 0 Å². The predicted octanol–water partition coefficient (Wildman–Crippen LogP) is 2.97. The third-order valence-electron chi connectivity index (χ3n) is 4.95. The molecule has 28 heavy (non-hydrogen) atoms. The van der Waals surface area contributed by atoms with Gasteiger partial charge in [0.1, 0.15) is 6.54 Å². The summed E-state index contributed by atoms with van der Waals surface area (Å²) in [7, 11) is 0. The van der Waals surface area contributed by atoms with Gasteiger partial charge in [0.2, 0.25) is 5.91 Å². The van der Waals surface area contributed by atoms with Gasteiger partial charge in [0.15, 0.2) is 5.82 Å². The Morgan fingerprint density at radius 2 is 1.71 bits per heavy atom. The first-order valence-electron chi connectivity index (χ1n) is 9.38. The van der Waals surface area contributed by atoms with E-state index in [1.165, 1.54) is 4.68 Å². The monoisotopic (exact) mass is 396 g/mol. The minimum atomic E-state index is -0.257. The number of halogens is 1. The number of carbonyl (C=O) groups is 1. The molecule has 4 rings (SSSR count). The molecule has 6 nitrogen and oxygen atoms in total. The molecular formula is C21H21ClN4O2. The molecule has 2 heterocycles. The fraction of sp³-hybridized carbons (Fsp3) is 0.286. The van der Waals surface area contributed by atoms with Crippen LogP contribution in [0.25, 0.3) is 10.8 Å². The lowest BCUT2D eigenvalue weighted by molar-refractivity contribution is -0.122. The van der Waals surface area contributed by atoms with Gasteiger partial charge in [-0.15, -0.1) is 0 Å². The first-order valence-corrected chi connectivity index (χ1v) is 9.75. The Hall–Kier alpha value is -2.86. The van der Waals surface area contributed by atoms with Gasteiger partial charge in [-0.2, -0.15) is 5.10 Å². The molecule has 0 unspecified atom stereocenters. The summed E-state index contributed by atoms with van der Waals surface area (Å²) in [6.45, 7) is 2.09. The molecule has 1 amide bonds. The Kier molecular flexibility index (Phi) is 5.30. The van der Waals surface area contributed by atoms with Crippen LogP contribution in [0.4, 0.5) is 5.82 Å². The van der Waals surface area contributed by atoms with E-state index in [1.807, 2.05) is 30.3 Å². The third-order valence-corrected chi connectivity index (χ3v) is 5.20. The van der Waals surface area contributed by atoms with E-state index in [1.54, 1.807) is 18.2 Å². The molecule has 2 aromatic carbocycles. The van der Waals surface area contributed by atoms with Crippen molar-refractivity contribution in [2.75, 3.05) is 18.0 Å². The van der Waals surface area contributed by atoms with Gasteiger partial charge >= 0.3 is 0 Å². The fourth-order valence-corrected chi connectivity index (χ4v) is 3.61. The molecule has 0 spiro atoms. The molecule has 1 aliphatic heterocycles. The molecule has 0 radical (unpaired) electrons. The minimum absolute atomic E-state index is 0.113. The number of rotatable bonds is 5. The summed E-state index contributed by atoms with van der Waals surface area (Å²) < 4.78 is 1.27. The van der Waals surface area contributed by atoms with Crippen LogP contribution >= 0.6 is 11.6 Å². The van der Waals surface area contributed by atoms with Gasteiger partial charge in [-0.3, -0.25) is 9.59 Å². The standard InChI is InChI=1S/C21H21ClN4O2/c22-16-9-7-15(8-10-16)13-23-19(27)14-26-21(28)18-6-2-1-5-17(18)20(24-26)25-11-3-4-12-25/h1-2,5-10H,3-4,11-14H2,(H,23,27). The summed E-state index contributed by atoms with van der Waals surface area (Å²) in [6, 6.07) is 14.7. The predicted molar refractivity (Wildman–Crippen MR) is 111 cm³/mol. The van der Waals surface area contributed by atoms with Crippen LogP contribution in [0.3, 0.4) is 0 Å². The lowest BCUT2D eigenvalue weighted by Gasteiger charge is -2.19. The lowest BCUT2D eigenvalue weighted by atomic mass is 10.2. The lowest BCUT2D eigenvalue weighted by Crippen LogP contribution is -2.35. The quantitative estimate of drug-likeness (QED) is 0.720. The Morgan fingerprint density at radius 3 is 2.43 bits per heavy atom. The van der Waals surface area contributed by atoms with E-state index in [2.05, 4.69) is 15.3 Å². The number of hydrogen-bond acceptors (Lipinski definition) is 4. The normalized spacial score (nSPS) is 13.8. The van der Waals surface area contributed by atoms with Crippen molar-refractivity contribution >= 4 is 34.1 Å². The zero-order valence-electron chi connectivity index (χ0n) is 15.4. The number of carbonyl (C=O) groups excluding carboxylic acids is 1. The van der Waals surface area contributed by atoms with Crippen molar-refractivity contribution < 1.29 is 4.79 Å². The van der Waals surface area contributed by atoms with E-state index >= 15 is 0 Å². The van der Waals surface area contributed by atoms with Crippen LogP contribution in [-0.4, -0.2) is 28.8 Å². The summed E-state index contributed by atoms with van der Waals surface area (Å²) >= 11 is 5.88. The molecule has 0 atom stereocenters. The van der Waals surface area contributed by atoms with Crippen molar-refractivity contribution in [1.29, 1.82) is 0 Å². The first kappa shape index (κ1) is 18.5. The molecule has 1 N–H and O–H groups in total. The van der Waals surface area contributed by atoms with Crippen LogP contribution in [-0.2, 0) is 17.9 Å². The Bertz CT molecular complexity index is 1060. The number of anilines is 1. The third kappa shape index (κ3) is 3.87. The molecular weight excluding hydrogens is 376 g/mol. The van der Waals surface area contributed by atoms with E-state index < -0.39 is 0 Å². The second-order valence-corrected chi connectivity index (χ2v) is 7.37. The highest BCUT2D eigenvalue weighted by Crippen LogP contribution is 2.25. The average Bonchev–Trinajstić information content (AvgIpc) is 3.24.